The molecule has 0 aromatic rings. The van der Waals surface area contributed by atoms with Gasteiger partial charge in [-0.1, -0.05) is 0 Å². The van der Waals surface area contributed by atoms with E-state index >= 15 is 0 Å². The van der Waals surface area contributed by atoms with E-state index in [4.69, 9.17) is 18.9 Å². The topological polar surface area (TPSA) is 162 Å². The molecule has 3 fully saturated rings. The van der Waals surface area contributed by atoms with Crippen molar-refractivity contribution < 1.29 is 49.6 Å². The van der Waals surface area contributed by atoms with E-state index < -0.39 is 73.4 Å². The van der Waals surface area contributed by atoms with Crippen molar-refractivity contribution in [2.24, 2.45) is 5.92 Å². The van der Waals surface area contributed by atoms with Crippen molar-refractivity contribution >= 4 is 0 Å². The molecular weight excluding hydrogens is 328 g/mol. The van der Waals surface area contributed by atoms with Gasteiger partial charge in [0.05, 0.1) is 24.9 Å². The summed E-state index contributed by atoms with van der Waals surface area (Å²) in [5, 5.41) is 59.5. The third-order valence-electron chi connectivity index (χ3n) is 5.19. The average Bonchev–Trinajstić information content (AvgIpc) is 3.30. The van der Waals surface area contributed by atoms with E-state index in [0.29, 0.717) is 0 Å². The van der Waals surface area contributed by atoms with E-state index in [0.717, 1.165) is 0 Å². The van der Waals surface area contributed by atoms with Crippen LogP contribution in [-0.4, -0.2) is 98.2 Å². The van der Waals surface area contributed by atoms with E-state index in [9.17, 15) is 30.6 Å². The zero-order chi connectivity index (χ0) is 17.2. The SMILES string of the molecule is OC[C@H]1O[C@@H](O[C@@H]2OC=C[C@]3(O)[C@H]2[C@H]2O[C@H]2[C@H]3O)[C@H](O)[C@@H](O)[C@@H]1O. The molecule has 24 heavy (non-hydrogen) atoms. The Morgan fingerprint density at radius 3 is 2.42 bits per heavy atom. The van der Waals surface area contributed by atoms with Gasteiger partial charge in [0.2, 0.25) is 6.29 Å². The van der Waals surface area contributed by atoms with E-state index in [1.54, 1.807) is 0 Å². The molecule has 0 amide bonds. The number of rotatable bonds is 3. The monoisotopic (exact) mass is 348 g/mol. The van der Waals surface area contributed by atoms with Gasteiger partial charge in [0, 0.05) is 0 Å². The average molecular weight is 348 g/mol. The number of hydrogen-bond acceptors (Lipinski definition) is 10. The summed E-state index contributed by atoms with van der Waals surface area (Å²) in [6.07, 6.45) is -7.94. The molecule has 10 heteroatoms. The van der Waals surface area contributed by atoms with Crippen molar-refractivity contribution in [3.05, 3.63) is 12.3 Å². The van der Waals surface area contributed by atoms with Gasteiger partial charge in [-0.05, 0) is 6.08 Å². The predicted octanol–water partition coefficient (Wildman–Crippen LogP) is -3.84. The first kappa shape index (κ1) is 16.6. The Labute approximate surface area is 136 Å². The summed E-state index contributed by atoms with van der Waals surface area (Å²) in [4.78, 5) is 0. The Morgan fingerprint density at radius 1 is 0.958 bits per heavy atom. The standard InChI is InChI=1S/C14H20O10/c15-3-4-6(16)7(17)8(18)13(22-4)24-12-5-9-10(23-9)11(19)14(5,20)1-2-21-12/h1-2,4-13,15-20H,3H2/t4-,5+,6-,7+,8-,9-,10-,11-,12+,13+,14+/m1/s1. The van der Waals surface area contributed by atoms with Gasteiger partial charge in [0.15, 0.2) is 6.29 Å². The van der Waals surface area contributed by atoms with Gasteiger partial charge in [0.25, 0.3) is 0 Å². The van der Waals surface area contributed by atoms with Gasteiger partial charge in [-0.25, -0.2) is 0 Å². The highest BCUT2D eigenvalue weighted by Crippen LogP contribution is 2.53. The molecule has 0 radical (unpaired) electrons. The first-order valence-corrected chi connectivity index (χ1v) is 7.73. The van der Waals surface area contributed by atoms with Crippen molar-refractivity contribution in [3.63, 3.8) is 0 Å². The van der Waals surface area contributed by atoms with Crippen LogP contribution in [0.3, 0.4) is 0 Å². The lowest BCUT2D eigenvalue weighted by Crippen LogP contribution is -2.61. The summed E-state index contributed by atoms with van der Waals surface area (Å²) < 4.78 is 21.4. The van der Waals surface area contributed by atoms with Crippen LogP contribution in [0.15, 0.2) is 12.3 Å². The molecular formula is C14H20O10. The van der Waals surface area contributed by atoms with Crippen LogP contribution in [0.4, 0.5) is 0 Å². The van der Waals surface area contributed by atoms with Crippen LogP contribution in [-0.2, 0) is 18.9 Å². The normalized spacial score (nSPS) is 58.8. The molecule has 4 rings (SSSR count). The molecule has 0 aromatic heterocycles. The molecule has 0 unspecified atom stereocenters. The van der Waals surface area contributed by atoms with E-state index in [-0.39, 0.29) is 0 Å². The summed E-state index contributed by atoms with van der Waals surface area (Å²) in [7, 11) is 0. The summed E-state index contributed by atoms with van der Waals surface area (Å²) in [6, 6.07) is 0. The predicted molar refractivity (Wildman–Crippen MR) is 72.0 cm³/mol. The molecule has 6 N–H and O–H groups in total. The molecule has 0 spiro atoms. The molecule has 4 aliphatic rings. The number of ether oxygens (including phenoxy) is 4. The zero-order valence-electron chi connectivity index (χ0n) is 12.5. The molecule has 0 aromatic carbocycles. The van der Waals surface area contributed by atoms with Crippen molar-refractivity contribution in [1.29, 1.82) is 0 Å². The second-order valence-corrected chi connectivity index (χ2v) is 6.56. The number of epoxide rings is 1. The maximum atomic E-state index is 10.6. The fourth-order valence-corrected chi connectivity index (χ4v) is 3.72. The summed E-state index contributed by atoms with van der Waals surface area (Å²) in [5.74, 6) is -0.755. The fourth-order valence-electron chi connectivity index (χ4n) is 3.72. The number of aliphatic hydroxyl groups excluding tert-OH is 5. The minimum atomic E-state index is -1.59. The van der Waals surface area contributed by atoms with Crippen molar-refractivity contribution in [2.75, 3.05) is 6.61 Å². The van der Waals surface area contributed by atoms with Crippen LogP contribution in [0, 0.1) is 5.92 Å². The highest BCUT2D eigenvalue weighted by Gasteiger charge is 2.72. The van der Waals surface area contributed by atoms with Crippen LogP contribution in [0.1, 0.15) is 0 Å². The van der Waals surface area contributed by atoms with E-state index in [1.807, 2.05) is 0 Å². The molecule has 3 heterocycles. The second kappa shape index (κ2) is 5.59. The molecule has 2 saturated heterocycles. The van der Waals surface area contributed by atoms with E-state index in [1.165, 1.54) is 12.3 Å². The Kier molecular flexibility index (Phi) is 3.88. The molecule has 136 valence electrons. The Hall–Kier alpha value is -0.820. The lowest BCUT2D eigenvalue weighted by atomic mass is 9.86. The first-order chi connectivity index (χ1) is 11.4. The minimum absolute atomic E-state index is 0.468. The zero-order valence-corrected chi connectivity index (χ0v) is 12.5. The Morgan fingerprint density at radius 2 is 1.71 bits per heavy atom. The van der Waals surface area contributed by atoms with Crippen LogP contribution >= 0.6 is 0 Å². The maximum absolute atomic E-state index is 10.6. The van der Waals surface area contributed by atoms with Crippen LogP contribution < -0.4 is 0 Å². The number of aliphatic hydroxyl groups is 6. The van der Waals surface area contributed by atoms with Crippen molar-refractivity contribution in [2.45, 2.75) is 60.9 Å². The molecule has 0 bridgehead atoms. The smallest absolute Gasteiger partial charge is 0.210 e. The molecule has 1 saturated carbocycles. The molecule has 10 nitrogen and oxygen atoms in total. The van der Waals surface area contributed by atoms with Gasteiger partial charge in [0.1, 0.15) is 42.2 Å². The van der Waals surface area contributed by atoms with Gasteiger partial charge in [-0.2, -0.15) is 0 Å². The van der Waals surface area contributed by atoms with Crippen molar-refractivity contribution in [1.82, 2.24) is 0 Å². The maximum Gasteiger partial charge on any atom is 0.210 e. The van der Waals surface area contributed by atoms with Gasteiger partial charge < -0.3 is 49.6 Å². The van der Waals surface area contributed by atoms with Crippen LogP contribution in [0.2, 0.25) is 0 Å². The molecule has 3 aliphatic heterocycles. The van der Waals surface area contributed by atoms with Crippen LogP contribution in [0.25, 0.3) is 0 Å². The minimum Gasteiger partial charge on any atom is -0.472 e. The summed E-state index contributed by atoms with van der Waals surface area (Å²) >= 11 is 0. The van der Waals surface area contributed by atoms with Gasteiger partial charge in [-0.3, -0.25) is 0 Å². The van der Waals surface area contributed by atoms with Gasteiger partial charge >= 0.3 is 0 Å². The highest BCUT2D eigenvalue weighted by molar-refractivity contribution is 5.25. The molecule has 11 atom stereocenters. The van der Waals surface area contributed by atoms with Crippen molar-refractivity contribution in [3.8, 4) is 0 Å². The first-order valence-electron chi connectivity index (χ1n) is 7.73. The highest BCUT2D eigenvalue weighted by atomic mass is 16.8. The Balaban J connectivity index is 1.52. The number of fused-ring (bicyclic) bond motifs is 3. The fraction of sp³-hybridized carbons (Fsp3) is 0.857. The Bertz CT molecular complexity index is 526. The third kappa shape index (κ3) is 2.23. The van der Waals surface area contributed by atoms with E-state index in [2.05, 4.69) is 0 Å². The van der Waals surface area contributed by atoms with Gasteiger partial charge in [-0.15, -0.1) is 0 Å². The number of hydrogen-bond donors (Lipinski definition) is 6. The lowest BCUT2D eigenvalue weighted by molar-refractivity contribution is -0.347. The molecule has 1 aliphatic carbocycles. The third-order valence-corrected chi connectivity index (χ3v) is 5.19. The lowest BCUT2D eigenvalue weighted by Gasteiger charge is -2.44. The second-order valence-electron chi connectivity index (χ2n) is 6.56. The quantitative estimate of drug-likeness (QED) is 0.279. The largest absolute Gasteiger partial charge is 0.472 e. The summed E-state index contributed by atoms with van der Waals surface area (Å²) in [6.45, 7) is -0.587. The summed E-state index contributed by atoms with van der Waals surface area (Å²) in [5.41, 5.74) is -1.59. The van der Waals surface area contributed by atoms with Crippen LogP contribution in [0.5, 0.6) is 0 Å².